The molecular weight excluding hydrogens is 309 g/mol. The van der Waals surface area contributed by atoms with E-state index in [2.05, 4.69) is 10.6 Å². The highest BCUT2D eigenvalue weighted by Crippen LogP contribution is 2.20. The minimum absolute atomic E-state index is 0.130. The van der Waals surface area contributed by atoms with Crippen LogP contribution >= 0.6 is 0 Å². The predicted octanol–water partition coefficient (Wildman–Crippen LogP) is 3.13. The fourth-order valence-electron chi connectivity index (χ4n) is 1.95. The average Bonchev–Trinajstić information content (AvgIpc) is 2.51. The van der Waals surface area contributed by atoms with E-state index in [9.17, 15) is 23.1 Å². The monoisotopic (exact) mass is 324 g/mol. The van der Waals surface area contributed by atoms with Crippen LogP contribution in [0.1, 0.15) is 12.5 Å². The number of amides is 2. The first kappa shape index (κ1) is 16.8. The van der Waals surface area contributed by atoms with Gasteiger partial charge in [-0.3, -0.25) is 0 Å². The third-order valence-electron chi connectivity index (χ3n) is 3.23. The van der Waals surface area contributed by atoms with Crippen molar-refractivity contribution in [3.63, 3.8) is 0 Å². The molecule has 0 aliphatic rings. The Bertz CT molecular complexity index is 683. The van der Waals surface area contributed by atoms with Gasteiger partial charge in [-0.2, -0.15) is 0 Å². The van der Waals surface area contributed by atoms with Gasteiger partial charge in [0.15, 0.2) is 17.5 Å². The van der Waals surface area contributed by atoms with E-state index in [-0.39, 0.29) is 12.2 Å². The van der Waals surface area contributed by atoms with Gasteiger partial charge in [0, 0.05) is 17.8 Å². The Morgan fingerprint density at radius 2 is 1.70 bits per heavy atom. The Hall–Kier alpha value is -2.54. The van der Waals surface area contributed by atoms with Gasteiger partial charge in [0.25, 0.3) is 0 Å². The first-order chi connectivity index (χ1) is 10.8. The van der Waals surface area contributed by atoms with Crippen LogP contribution in [0.2, 0.25) is 0 Å². The van der Waals surface area contributed by atoms with E-state index in [1.165, 1.54) is 6.92 Å². The van der Waals surface area contributed by atoms with Crippen LogP contribution in [0.3, 0.4) is 0 Å². The number of hydrogen-bond acceptors (Lipinski definition) is 2. The minimum Gasteiger partial charge on any atom is -0.384 e. The summed E-state index contributed by atoms with van der Waals surface area (Å²) in [6.45, 7) is 1.38. The highest BCUT2D eigenvalue weighted by atomic mass is 19.2. The van der Waals surface area contributed by atoms with Gasteiger partial charge in [0.2, 0.25) is 0 Å². The lowest BCUT2D eigenvalue weighted by Gasteiger charge is -2.24. The minimum atomic E-state index is -1.61. The number of hydrogen-bond donors (Lipinski definition) is 3. The Morgan fingerprint density at radius 3 is 2.26 bits per heavy atom. The van der Waals surface area contributed by atoms with Crippen LogP contribution in [-0.4, -0.2) is 17.7 Å². The molecule has 0 fully saturated rings. The van der Waals surface area contributed by atoms with E-state index in [4.69, 9.17) is 0 Å². The van der Waals surface area contributed by atoms with Gasteiger partial charge >= 0.3 is 6.03 Å². The maximum absolute atomic E-state index is 13.1. The van der Waals surface area contributed by atoms with Gasteiger partial charge in [-0.25, -0.2) is 18.0 Å². The fourth-order valence-corrected chi connectivity index (χ4v) is 1.95. The molecule has 4 nitrogen and oxygen atoms in total. The number of benzene rings is 2. The molecule has 2 rings (SSSR count). The van der Waals surface area contributed by atoms with Crippen molar-refractivity contribution in [1.82, 2.24) is 5.32 Å². The zero-order valence-electron chi connectivity index (χ0n) is 12.2. The number of anilines is 1. The lowest BCUT2D eigenvalue weighted by atomic mass is 9.96. The summed E-state index contributed by atoms with van der Waals surface area (Å²) in [4.78, 5) is 11.7. The summed E-state index contributed by atoms with van der Waals surface area (Å²) in [6, 6.07) is 9.21. The molecule has 23 heavy (non-hydrogen) atoms. The predicted molar refractivity (Wildman–Crippen MR) is 79.4 cm³/mol. The van der Waals surface area contributed by atoms with Crippen LogP contribution in [0.15, 0.2) is 42.5 Å². The summed E-state index contributed by atoms with van der Waals surface area (Å²) < 4.78 is 38.9. The number of nitrogens with one attached hydrogen (secondary N) is 2. The van der Waals surface area contributed by atoms with Crippen molar-refractivity contribution in [2.75, 3.05) is 11.9 Å². The zero-order valence-corrected chi connectivity index (χ0v) is 12.2. The molecule has 0 bridgehead atoms. The summed E-state index contributed by atoms with van der Waals surface area (Å²) in [5.74, 6) is -4.42. The molecule has 0 saturated carbocycles. The van der Waals surface area contributed by atoms with E-state index < -0.39 is 29.1 Å². The molecule has 122 valence electrons. The normalized spacial score (nSPS) is 13.3. The Kier molecular flexibility index (Phi) is 4.90. The summed E-state index contributed by atoms with van der Waals surface area (Å²) in [5, 5.41) is 14.9. The van der Waals surface area contributed by atoms with Crippen molar-refractivity contribution in [2.45, 2.75) is 12.5 Å². The van der Waals surface area contributed by atoms with Crippen molar-refractivity contribution >= 4 is 11.7 Å². The third-order valence-corrected chi connectivity index (χ3v) is 3.23. The molecule has 0 aliphatic heterocycles. The molecule has 1 unspecified atom stereocenters. The number of aliphatic hydroxyl groups is 1. The van der Waals surface area contributed by atoms with Crippen LogP contribution in [0.25, 0.3) is 0 Å². The van der Waals surface area contributed by atoms with E-state index >= 15 is 0 Å². The molecule has 1 atom stereocenters. The first-order valence-corrected chi connectivity index (χ1v) is 6.77. The lowest BCUT2D eigenvalue weighted by Crippen LogP contribution is -2.40. The highest BCUT2D eigenvalue weighted by molar-refractivity contribution is 5.89. The topological polar surface area (TPSA) is 61.4 Å². The van der Waals surface area contributed by atoms with Gasteiger partial charge in [-0.05, 0) is 12.5 Å². The SMILES string of the molecule is CC(O)(CNC(=O)Nc1cc(F)c(F)c(F)c1)c1ccccc1. The molecule has 3 N–H and O–H groups in total. The largest absolute Gasteiger partial charge is 0.384 e. The second kappa shape index (κ2) is 6.70. The van der Waals surface area contributed by atoms with Crippen LogP contribution in [0.4, 0.5) is 23.7 Å². The number of carbonyl (C=O) groups is 1. The summed E-state index contributed by atoms with van der Waals surface area (Å²) in [7, 11) is 0. The van der Waals surface area contributed by atoms with Crippen molar-refractivity contribution in [3.8, 4) is 0 Å². The maximum Gasteiger partial charge on any atom is 0.319 e. The lowest BCUT2D eigenvalue weighted by molar-refractivity contribution is 0.0599. The standard InChI is InChI=1S/C16H15F3N2O2/c1-16(23,10-5-3-2-4-6-10)9-20-15(22)21-11-7-12(17)14(19)13(18)8-11/h2-8,23H,9H2,1H3,(H2,20,21,22). The second-order valence-electron chi connectivity index (χ2n) is 5.20. The van der Waals surface area contributed by atoms with Gasteiger partial charge in [-0.15, -0.1) is 0 Å². The van der Waals surface area contributed by atoms with Crippen molar-refractivity contribution in [1.29, 1.82) is 0 Å². The quantitative estimate of drug-likeness (QED) is 0.757. The van der Waals surface area contributed by atoms with Crippen molar-refractivity contribution in [2.24, 2.45) is 0 Å². The molecular formula is C16H15F3N2O2. The van der Waals surface area contributed by atoms with Crippen LogP contribution in [-0.2, 0) is 5.60 Å². The number of halogens is 3. The van der Waals surface area contributed by atoms with E-state index in [0.29, 0.717) is 17.7 Å². The first-order valence-electron chi connectivity index (χ1n) is 6.77. The fraction of sp³-hybridized carbons (Fsp3) is 0.188. The molecule has 7 heteroatoms. The van der Waals surface area contributed by atoms with Crippen molar-refractivity contribution in [3.05, 3.63) is 65.5 Å². The second-order valence-corrected chi connectivity index (χ2v) is 5.20. The molecule has 0 aromatic heterocycles. The van der Waals surface area contributed by atoms with Gasteiger partial charge in [-0.1, -0.05) is 30.3 Å². The van der Waals surface area contributed by atoms with E-state index in [1.54, 1.807) is 30.3 Å². The zero-order chi connectivity index (χ0) is 17.0. The molecule has 0 aliphatic carbocycles. The number of urea groups is 1. The van der Waals surface area contributed by atoms with Crippen LogP contribution in [0, 0.1) is 17.5 Å². The number of rotatable bonds is 4. The van der Waals surface area contributed by atoms with Gasteiger partial charge in [0.05, 0.1) is 6.54 Å². The molecule has 0 heterocycles. The average molecular weight is 324 g/mol. The third kappa shape index (κ3) is 4.23. The smallest absolute Gasteiger partial charge is 0.319 e. The Balaban J connectivity index is 1.98. The van der Waals surface area contributed by atoms with Crippen LogP contribution < -0.4 is 10.6 Å². The summed E-state index contributed by atoms with van der Waals surface area (Å²) >= 11 is 0. The maximum atomic E-state index is 13.1. The molecule has 0 spiro atoms. The summed E-state index contributed by atoms with van der Waals surface area (Å²) in [5.41, 5.74) is -0.963. The summed E-state index contributed by atoms with van der Waals surface area (Å²) in [6.07, 6.45) is 0. The molecule has 2 amide bonds. The Labute approximate surface area is 131 Å². The molecule has 0 radical (unpaired) electrons. The van der Waals surface area contributed by atoms with Crippen molar-refractivity contribution < 1.29 is 23.1 Å². The van der Waals surface area contributed by atoms with E-state index in [0.717, 1.165) is 0 Å². The number of carbonyl (C=O) groups excluding carboxylic acids is 1. The van der Waals surface area contributed by atoms with E-state index in [1.807, 2.05) is 0 Å². The van der Waals surface area contributed by atoms with Crippen LogP contribution in [0.5, 0.6) is 0 Å². The van der Waals surface area contributed by atoms with Gasteiger partial charge < -0.3 is 15.7 Å². The molecule has 0 saturated heterocycles. The highest BCUT2D eigenvalue weighted by Gasteiger charge is 2.23. The molecule has 2 aromatic rings. The van der Waals surface area contributed by atoms with Gasteiger partial charge in [0.1, 0.15) is 5.60 Å². The molecule has 2 aromatic carbocycles. The Morgan fingerprint density at radius 1 is 1.13 bits per heavy atom.